The van der Waals surface area contributed by atoms with Crippen LogP contribution < -0.4 is 9.88 Å². The van der Waals surface area contributed by atoms with Crippen molar-refractivity contribution in [3.05, 3.63) is 22.2 Å². The first-order chi connectivity index (χ1) is 7.21. The highest BCUT2D eigenvalue weighted by atomic mass is 35.5. The zero-order chi connectivity index (χ0) is 12.5. The Morgan fingerprint density at radius 3 is 2.31 bits per heavy atom. The predicted octanol–water partition coefficient (Wildman–Crippen LogP) is 2.24. The Kier molecular flexibility index (Phi) is 3.95. The molecule has 1 rings (SSSR count). The van der Waals surface area contributed by atoms with Crippen molar-refractivity contribution >= 4 is 33.2 Å². The maximum atomic E-state index is 12.0. The van der Waals surface area contributed by atoms with Gasteiger partial charge in [0.1, 0.15) is 15.7 Å². The summed E-state index contributed by atoms with van der Waals surface area (Å²) in [6.45, 7) is -3.15. The molecule has 0 amide bonds. The van der Waals surface area contributed by atoms with E-state index in [4.69, 9.17) is 28.3 Å². The predicted molar refractivity (Wildman–Crippen MR) is 54.5 cm³/mol. The quantitative estimate of drug-likeness (QED) is 0.928. The van der Waals surface area contributed by atoms with Crippen molar-refractivity contribution in [2.45, 2.75) is 11.5 Å². The number of ether oxygens (including phenoxy) is 1. The van der Waals surface area contributed by atoms with Crippen molar-refractivity contribution in [1.82, 2.24) is 0 Å². The van der Waals surface area contributed by atoms with Crippen molar-refractivity contribution in [2.24, 2.45) is 5.14 Å². The first-order valence-corrected chi connectivity index (χ1v) is 5.98. The molecule has 0 aliphatic carbocycles. The first kappa shape index (κ1) is 13.4. The van der Waals surface area contributed by atoms with Gasteiger partial charge < -0.3 is 4.74 Å². The number of benzene rings is 1. The fraction of sp³-hybridized carbons (Fsp3) is 0.143. The van der Waals surface area contributed by atoms with Crippen LogP contribution in [-0.2, 0) is 10.0 Å². The van der Waals surface area contributed by atoms with Gasteiger partial charge in [-0.25, -0.2) is 13.6 Å². The van der Waals surface area contributed by atoms with Gasteiger partial charge in [-0.2, -0.15) is 8.78 Å². The molecule has 1 aromatic carbocycles. The van der Waals surface area contributed by atoms with Gasteiger partial charge >= 0.3 is 6.61 Å². The minimum Gasteiger partial charge on any atom is -0.433 e. The number of hydrogen-bond donors (Lipinski definition) is 1. The summed E-state index contributed by atoms with van der Waals surface area (Å²) in [5.74, 6) is -0.548. The van der Waals surface area contributed by atoms with E-state index in [0.29, 0.717) is 0 Å². The van der Waals surface area contributed by atoms with Crippen molar-refractivity contribution in [3.8, 4) is 5.75 Å². The molecule has 0 aliphatic rings. The minimum absolute atomic E-state index is 0.135. The molecule has 0 aromatic heterocycles. The molecule has 0 fully saturated rings. The number of alkyl halides is 2. The lowest BCUT2D eigenvalue weighted by molar-refractivity contribution is -0.0499. The van der Waals surface area contributed by atoms with Crippen LogP contribution in [0.25, 0.3) is 0 Å². The van der Waals surface area contributed by atoms with E-state index >= 15 is 0 Å². The SMILES string of the molecule is NS(=O)(=O)c1cc(Cl)cc(OC(F)F)c1Cl. The number of halogens is 4. The molecular formula is C7H5Cl2F2NO3S. The van der Waals surface area contributed by atoms with Gasteiger partial charge in [-0.1, -0.05) is 23.2 Å². The highest BCUT2D eigenvalue weighted by Crippen LogP contribution is 2.35. The molecule has 1 aromatic rings. The zero-order valence-electron chi connectivity index (χ0n) is 7.45. The Hall–Kier alpha value is -0.630. The summed E-state index contributed by atoms with van der Waals surface area (Å²) in [6.07, 6.45) is 0. The van der Waals surface area contributed by atoms with Crippen molar-refractivity contribution in [2.75, 3.05) is 0 Å². The number of nitrogens with two attached hydrogens (primary N) is 1. The van der Waals surface area contributed by atoms with E-state index < -0.39 is 32.3 Å². The maximum absolute atomic E-state index is 12.0. The van der Waals surface area contributed by atoms with E-state index in [1.54, 1.807) is 0 Å². The average molecular weight is 292 g/mol. The van der Waals surface area contributed by atoms with Crippen LogP contribution in [0, 0.1) is 0 Å². The minimum atomic E-state index is -4.16. The molecule has 16 heavy (non-hydrogen) atoms. The summed E-state index contributed by atoms with van der Waals surface area (Å²) in [6, 6.07) is 1.91. The van der Waals surface area contributed by atoms with E-state index in [9.17, 15) is 17.2 Å². The summed E-state index contributed by atoms with van der Waals surface area (Å²) in [4.78, 5) is -0.572. The monoisotopic (exact) mass is 291 g/mol. The second kappa shape index (κ2) is 4.70. The van der Waals surface area contributed by atoms with E-state index in [1.165, 1.54) is 0 Å². The van der Waals surface area contributed by atoms with Crippen LogP contribution in [0.4, 0.5) is 8.78 Å². The Bertz CT molecular complexity index is 507. The molecule has 0 spiro atoms. The molecule has 0 unspecified atom stereocenters. The van der Waals surface area contributed by atoms with Crippen molar-refractivity contribution < 1.29 is 21.9 Å². The van der Waals surface area contributed by atoms with Gasteiger partial charge in [0.25, 0.3) is 0 Å². The lowest BCUT2D eigenvalue weighted by atomic mass is 10.3. The normalized spacial score (nSPS) is 11.9. The third-order valence-electron chi connectivity index (χ3n) is 1.49. The molecule has 0 radical (unpaired) electrons. The molecule has 90 valence electrons. The summed E-state index contributed by atoms with van der Waals surface area (Å²) in [7, 11) is -4.16. The molecule has 9 heteroatoms. The zero-order valence-corrected chi connectivity index (χ0v) is 9.78. The highest BCUT2D eigenvalue weighted by Gasteiger charge is 2.20. The lowest BCUT2D eigenvalue weighted by Gasteiger charge is -2.09. The maximum Gasteiger partial charge on any atom is 0.387 e. The summed E-state index contributed by atoms with van der Waals surface area (Å²) >= 11 is 11.0. The Labute approximate surface area is 99.9 Å². The molecule has 0 aliphatic heterocycles. The van der Waals surface area contributed by atoms with Crippen LogP contribution in [0.2, 0.25) is 10.0 Å². The Balaban J connectivity index is 3.38. The van der Waals surface area contributed by atoms with E-state index in [-0.39, 0.29) is 5.02 Å². The van der Waals surface area contributed by atoms with Crippen LogP contribution in [-0.4, -0.2) is 15.0 Å². The van der Waals surface area contributed by atoms with Crippen LogP contribution >= 0.6 is 23.2 Å². The van der Waals surface area contributed by atoms with Gasteiger partial charge in [-0.05, 0) is 6.07 Å². The lowest BCUT2D eigenvalue weighted by Crippen LogP contribution is -2.13. The third-order valence-corrected chi connectivity index (χ3v) is 3.15. The standard InChI is InChI=1S/C7H5Cl2F2NO3S/c8-3-1-4(15-7(10)11)6(9)5(2-3)16(12,13)14/h1-2,7H,(H2,12,13,14). The second-order valence-corrected chi connectivity index (χ2v) is 4.98. The van der Waals surface area contributed by atoms with E-state index in [2.05, 4.69) is 4.74 Å². The number of primary sulfonamides is 1. The largest absolute Gasteiger partial charge is 0.433 e. The fourth-order valence-electron chi connectivity index (χ4n) is 0.929. The molecule has 0 saturated heterocycles. The van der Waals surface area contributed by atoms with Gasteiger partial charge in [0.15, 0.2) is 0 Å². The van der Waals surface area contributed by atoms with E-state index in [1.807, 2.05) is 0 Å². The number of sulfonamides is 1. The summed E-state index contributed by atoms with van der Waals surface area (Å²) in [5, 5.41) is 4.14. The van der Waals surface area contributed by atoms with Crippen LogP contribution in [0.5, 0.6) is 5.75 Å². The van der Waals surface area contributed by atoms with Crippen LogP contribution in [0.3, 0.4) is 0 Å². The molecular weight excluding hydrogens is 287 g/mol. The molecule has 0 heterocycles. The van der Waals surface area contributed by atoms with Gasteiger partial charge in [0.2, 0.25) is 10.0 Å². The Morgan fingerprint density at radius 2 is 1.88 bits per heavy atom. The highest BCUT2D eigenvalue weighted by molar-refractivity contribution is 7.89. The molecule has 0 atom stereocenters. The van der Waals surface area contributed by atoms with Gasteiger partial charge in [-0.15, -0.1) is 0 Å². The number of hydrogen-bond acceptors (Lipinski definition) is 3. The molecule has 0 bridgehead atoms. The van der Waals surface area contributed by atoms with Crippen molar-refractivity contribution in [1.29, 1.82) is 0 Å². The Morgan fingerprint density at radius 1 is 1.31 bits per heavy atom. The fourth-order valence-corrected chi connectivity index (χ4v) is 2.32. The van der Waals surface area contributed by atoms with Gasteiger partial charge in [0.05, 0.1) is 0 Å². The summed E-state index contributed by atoms with van der Waals surface area (Å²) in [5.41, 5.74) is 0. The topological polar surface area (TPSA) is 69.4 Å². The summed E-state index contributed by atoms with van der Waals surface area (Å²) < 4.78 is 50.0. The third kappa shape index (κ3) is 3.18. The molecule has 0 saturated carbocycles. The van der Waals surface area contributed by atoms with Crippen molar-refractivity contribution in [3.63, 3.8) is 0 Å². The number of rotatable bonds is 3. The average Bonchev–Trinajstić information content (AvgIpc) is 2.07. The van der Waals surface area contributed by atoms with E-state index in [0.717, 1.165) is 12.1 Å². The van der Waals surface area contributed by atoms with Crippen LogP contribution in [0.15, 0.2) is 17.0 Å². The van der Waals surface area contributed by atoms with Crippen LogP contribution in [0.1, 0.15) is 0 Å². The van der Waals surface area contributed by atoms with Gasteiger partial charge in [0, 0.05) is 11.1 Å². The first-order valence-electron chi connectivity index (χ1n) is 3.68. The van der Waals surface area contributed by atoms with Gasteiger partial charge in [-0.3, -0.25) is 0 Å². The smallest absolute Gasteiger partial charge is 0.387 e. The second-order valence-electron chi connectivity index (χ2n) is 2.64. The molecule has 4 nitrogen and oxygen atoms in total. The molecule has 2 N–H and O–H groups in total.